The highest BCUT2D eigenvalue weighted by Crippen LogP contribution is 2.33. The predicted octanol–water partition coefficient (Wildman–Crippen LogP) is 5.57. The van der Waals surface area contributed by atoms with Crippen LogP contribution in [0.2, 0.25) is 0 Å². The molecule has 3 N–H and O–H groups in total. The minimum atomic E-state index is -4.48. The second-order valence-corrected chi connectivity index (χ2v) is 10.6. The third-order valence-electron chi connectivity index (χ3n) is 6.56. The summed E-state index contributed by atoms with van der Waals surface area (Å²) in [5.74, 6) is -1.50. The van der Waals surface area contributed by atoms with Gasteiger partial charge in [0.2, 0.25) is 17.6 Å². The number of aromatic amines is 1. The van der Waals surface area contributed by atoms with Gasteiger partial charge in [0.25, 0.3) is 5.91 Å². The summed E-state index contributed by atoms with van der Waals surface area (Å²) >= 11 is 0. The molecule has 0 bridgehead atoms. The van der Waals surface area contributed by atoms with E-state index in [4.69, 9.17) is 4.42 Å². The number of aryl methyl sites for hydroxylation is 1. The molecular formula is C27H33F3N6O5. The summed E-state index contributed by atoms with van der Waals surface area (Å²) in [5.41, 5.74) is -1.18. The van der Waals surface area contributed by atoms with Crippen LogP contribution in [0.3, 0.4) is 0 Å². The van der Waals surface area contributed by atoms with Gasteiger partial charge in [-0.05, 0) is 42.5 Å². The third-order valence-corrected chi connectivity index (χ3v) is 6.56. The van der Waals surface area contributed by atoms with Crippen LogP contribution in [0.5, 0.6) is 0 Å². The van der Waals surface area contributed by atoms with Crippen molar-refractivity contribution in [2.45, 2.75) is 78.1 Å². The van der Waals surface area contributed by atoms with Crippen molar-refractivity contribution >= 4 is 23.6 Å². The number of hydrogen-bond donors (Lipinski definition) is 3. The first-order chi connectivity index (χ1) is 19.2. The molecule has 41 heavy (non-hydrogen) atoms. The van der Waals surface area contributed by atoms with Crippen molar-refractivity contribution in [2.75, 3.05) is 5.32 Å². The molecule has 2 amide bonds. The summed E-state index contributed by atoms with van der Waals surface area (Å²) < 4.78 is 44.3. The summed E-state index contributed by atoms with van der Waals surface area (Å²) in [4.78, 5) is 39.8. The van der Waals surface area contributed by atoms with Crippen LogP contribution in [0.25, 0.3) is 11.5 Å². The lowest BCUT2D eigenvalue weighted by Gasteiger charge is -2.42. The van der Waals surface area contributed by atoms with E-state index in [0.29, 0.717) is 18.4 Å². The summed E-state index contributed by atoms with van der Waals surface area (Å²) in [6, 6.07) is 3.75. The number of carbonyl (C=O) groups is 3. The van der Waals surface area contributed by atoms with Gasteiger partial charge in [-0.15, -0.1) is 10.2 Å². The number of anilines is 1. The minimum Gasteiger partial charge on any atom is -0.465 e. The number of benzene rings is 1. The average molecular weight is 579 g/mol. The number of nitrogens with zero attached hydrogens (tertiary/aromatic N) is 4. The van der Waals surface area contributed by atoms with Gasteiger partial charge in [0.15, 0.2) is 0 Å². The predicted molar refractivity (Wildman–Crippen MR) is 142 cm³/mol. The fourth-order valence-corrected chi connectivity index (χ4v) is 4.46. The van der Waals surface area contributed by atoms with Crippen molar-refractivity contribution in [3.63, 3.8) is 0 Å². The molecule has 0 radical (unpaired) electrons. The Morgan fingerprint density at radius 1 is 1.07 bits per heavy atom. The number of ketones is 1. The molecule has 0 aliphatic heterocycles. The quantitative estimate of drug-likeness (QED) is 0.236. The van der Waals surface area contributed by atoms with Gasteiger partial charge >= 0.3 is 12.3 Å². The Balaban J connectivity index is 1.83. The van der Waals surface area contributed by atoms with Crippen molar-refractivity contribution in [3.8, 4) is 11.5 Å². The topological polar surface area (TPSA) is 154 Å². The standard InChI is InChI=1S/C27H33F3N6O5/c1-5-6-7-18(22(37)23(38)32-20-14-15-31-33-20)36(25(39)40)19(26(2,3)4)12-13-21-34-35-24(41-21)16-8-10-17(11-9-16)27(28,29)30/h8-11,14-15,18-19H,5-7,12-13H2,1-4H3,(H,39,40)(H2,31,32,33,38)/t18-,19?/m0/s1. The van der Waals surface area contributed by atoms with Gasteiger partial charge in [0.1, 0.15) is 11.9 Å². The lowest BCUT2D eigenvalue weighted by atomic mass is 9.81. The number of unbranched alkanes of at least 4 members (excludes halogenated alkanes) is 1. The molecule has 0 spiro atoms. The van der Waals surface area contributed by atoms with E-state index in [1.54, 1.807) is 0 Å². The Morgan fingerprint density at radius 2 is 1.76 bits per heavy atom. The fraction of sp³-hybridized carbons (Fsp3) is 0.481. The van der Waals surface area contributed by atoms with E-state index in [1.807, 2.05) is 27.7 Å². The molecule has 11 nitrogen and oxygen atoms in total. The van der Waals surface area contributed by atoms with Gasteiger partial charge in [-0.2, -0.15) is 18.3 Å². The maximum atomic E-state index is 13.3. The highest BCUT2D eigenvalue weighted by Gasteiger charge is 2.42. The minimum absolute atomic E-state index is 0.0163. The maximum absolute atomic E-state index is 13.3. The zero-order valence-corrected chi connectivity index (χ0v) is 23.2. The molecule has 0 aliphatic carbocycles. The second kappa shape index (κ2) is 13.0. The Bertz CT molecular complexity index is 1320. The van der Waals surface area contributed by atoms with Crippen LogP contribution in [-0.4, -0.2) is 60.3 Å². The summed E-state index contributed by atoms with van der Waals surface area (Å²) in [6.45, 7) is 7.35. The van der Waals surface area contributed by atoms with Gasteiger partial charge < -0.3 is 14.8 Å². The van der Waals surface area contributed by atoms with E-state index < -0.39 is 47.0 Å². The molecule has 1 aromatic carbocycles. The molecule has 14 heteroatoms. The first-order valence-electron chi connectivity index (χ1n) is 13.1. The monoisotopic (exact) mass is 578 g/mol. The molecule has 2 aromatic heterocycles. The summed E-state index contributed by atoms with van der Waals surface area (Å²) in [6.07, 6.45) is -2.83. The van der Waals surface area contributed by atoms with Gasteiger partial charge in [0.05, 0.1) is 11.8 Å². The molecule has 0 fully saturated rings. The van der Waals surface area contributed by atoms with Crippen molar-refractivity contribution in [2.24, 2.45) is 5.41 Å². The van der Waals surface area contributed by atoms with Crippen LogP contribution in [-0.2, 0) is 22.2 Å². The normalized spacial score (nSPS) is 13.4. The molecule has 3 rings (SSSR count). The molecule has 0 saturated heterocycles. The number of aromatic nitrogens is 4. The first-order valence-corrected chi connectivity index (χ1v) is 13.1. The van der Waals surface area contributed by atoms with Gasteiger partial charge in [-0.25, -0.2) is 4.79 Å². The van der Waals surface area contributed by atoms with Crippen LogP contribution < -0.4 is 5.32 Å². The number of rotatable bonds is 12. The van der Waals surface area contributed by atoms with Crippen molar-refractivity contribution in [3.05, 3.63) is 48.0 Å². The average Bonchev–Trinajstić information content (AvgIpc) is 3.58. The van der Waals surface area contributed by atoms with E-state index in [2.05, 4.69) is 25.7 Å². The van der Waals surface area contributed by atoms with E-state index in [0.717, 1.165) is 17.0 Å². The van der Waals surface area contributed by atoms with E-state index >= 15 is 0 Å². The lowest BCUT2D eigenvalue weighted by Crippen LogP contribution is -2.56. The molecule has 0 aliphatic rings. The Morgan fingerprint density at radius 3 is 2.29 bits per heavy atom. The van der Waals surface area contributed by atoms with E-state index in [-0.39, 0.29) is 36.9 Å². The fourth-order valence-electron chi connectivity index (χ4n) is 4.46. The largest absolute Gasteiger partial charge is 0.465 e. The Labute approximate surface area is 234 Å². The highest BCUT2D eigenvalue weighted by molar-refractivity contribution is 6.42. The number of Topliss-reactive ketones (excluding diaryl/α,β-unsaturated/α-hetero) is 1. The molecule has 2 atom stereocenters. The SMILES string of the molecule is CCCC[C@@H](C(=O)C(=O)Nc1ccn[nH]1)N(C(=O)O)C(CCc1nnc(-c2ccc(C(F)(F)F)cc2)o1)C(C)(C)C. The van der Waals surface area contributed by atoms with Gasteiger partial charge in [-0.1, -0.05) is 40.5 Å². The number of carboxylic acid groups (broad SMARTS) is 1. The summed E-state index contributed by atoms with van der Waals surface area (Å²) in [7, 11) is 0. The molecule has 3 aromatic rings. The first kappa shape index (κ1) is 31.3. The second-order valence-electron chi connectivity index (χ2n) is 10.6. The Hall–Kier alpha value is -4.23. The maximum Gasteiger partial charge on any atom is 0.416 e. The molecule has 2 heterocycles. The van der Waals surface area contributed by atoms with Crippen LogP contribution in [0.1, 0.15) is 64.8 Å². The Kier molecular flexibility index (Phi) is 9.89. The molecule has 0 saturated carbocycles. The number of H-pyrrole nitrogens is 1. The van der Waals surface area contributed by atoms with Crippen molar-refractivity contribution in [1.82, 2.24) is 25.3 Å². The van der Waals surface area contributed by atoms with Crippen LogP contribution in [0, 0.1) is 5.41 Å². The summed E-state index contributed by atoms with van der Waals surface area (Å²) in [5, 5.41) is 26.8. The van der Waals surface area contributed by atoms with Crippen LogP contribution in [0.4, 0.5) is 23.8 Å². The van der Waals surface area contributed by atoms with Crippen molar-refractivity contribution < 1.29 is 37.1 Å². The van der Waals surface area contributed by atoms with Gasteiger partial charge in [-0.3, -0.25) is 19.6 Å². The molecule has 1 unspecified atom stereocenters. The number of hydrogen-bond acceptors (Lipinski definition) is 7. The zero-order valence-electron chi connectivity index (χ0n) is 23.2. The number of amides is 2. The highest BCUT2D eigenvalue weighted by atomic mass is 19.4. The van der Waals surface area contributed by atoms with Crippen molar-refractivity contribution in [1.29, 1.82) is 0 Å². The zero-order chi connectivity index (χ0) is 30.4. The number of carbonyl (C=O) groups excluding carboxylic acids is 2. The smallest absolute Gasteiger partial charge is 0.416 e. The number of nitrogens with one attached hydrogen (secondary N) is 2. The van der Waals surface area contributed by atoms with Crippen LogP contribution >= 0.6 is 0 Å². The number of halogens is 3. The number of alkyl halides is 3. The lowest BCUT2D eigenvalue weighted by molar-refractivity contribution is -0.139. The van der Waals surface area contributed by atoms with E-state index in [9.17, 15) is 32.7 Å². The molecular weight excluding hydrogens is 545 g/mol. The van der Waals surface area contributed by atoms with Crippen LogP contribution in [0.15, 0.2) is 40.9 Å². The third kappa shape index (κ3) is 8.14. The van der Waals surface area contributed by atoms with E-state index in [1.165, 1.54) is 24.4 Å². The van der Waals surface area contributed by atoms with Gasteiger partial charge in [0, 0.05) is 24.1 Å². The molecule has 222 valence electrons.